The minimum absolute atomic E-state index is 0.106. The van der Waals surface area contributed by atoms with E-state index in [0.29, 0.717) is 0 Å². The Bertz CT molecular complexity index is 2100. The van der Waals surface area contributed by atoms with Crippen LogP contribution in [0.1, 0.15) is 31.0 Å². The van der Waals surface area contributed by atoms with E-state index in [2.05, 4.69) is 128 Å². The van der Waals surface area contributed by atoms with E-state index in [1.165, 1.54) is 27.9 Å². The fourth-order valence-corrected chi connectivity index (χ4v) is 6.34. The largest absolute Gasteiger partial charge is 0.361 e. The maximum Gasteiger partial charge on any atom is 0.137 e. The number of benzene rings is 4. The number of imidazole rings is 1. The average Bonchev–Trinajstić information content (AvgIpc) is 3.44. The van der Waals surface area contributed by atoms with Crippen LogP contribution in [0.5, 0.6) is 0 Å². The molecule has 4 heteroatoms. The highest BCUT2D eigenvalue weighted by atomic mass is 15.2. The Labute approximate surface area is 252 Å². The van der Waals surface area contributed by atoms with Crippen LogP contribution in [0.15, 0.2) is 134 Å². The SMILES string of the molecule is C=C(C)C(c1ccc(-c2ccc(-c3nc4ccccc4c4nc5ccccn5c34)cc2)cc1)N(CC)c1ccccc1C. The second kappa shape index (κ2) is 10.9. The lowest BCUT2D eigenvalue weighted by Crippen LogP contribution is -2.29. The zero-order valence-electron chi connectivity index (χ0n) is 24.8. The van der Waals surface area contributed by atoms with E-state index in [9.17, 15) is 0 Å². The minimum Gasteiger partial charge on any atom is -0.361 e. The third-order valence-corrected chi connectivity index (χ3v) is 8.41. The number of para-hydroxylation sites is 2. The number of hydrogen-bond donors (Lipinski definition) is 0. The van der Waals surface area contributed by atoms with Gasteiger partial charge in [-0.2, -0.15) is 0 Å². The fraction of sp³-hybridized carbons (Fsp3) is 0.128. The summed E-state index contributed by atoms with van der Waals surface area (Å²) in [5, 5.41) is 1.07. The van der Waals surface area contributed by atoms with Gasteiger partial charge in [0.1, 0.15) is 11.2 Å². The lowest BCUT2D eigenvalue weighted by atomic mass is 9.95. The third-order valence-electron chi connectivity index (χ3n) is 8.41. The number of anilines is 1. The quantitative estimate of drug-likeness (QED) is 0.183. The van der Waals surface area contributed by atoms with Gasteiger partial charge in [0.05, 0.1) is 22.8 Å². The molecule has 0 spiro atoms. The Kier molecular flexibility index (Phi) is 6.75. The Hall–Kier alpha value is -5.22. The maximum atomic E-state index is 5.13. The van der Waals surface area contributed by atoms with Crippen LogP contribution in [-0.2, 0) is 0 Å². The molecule has 0 saturated carbocycles. The Morgan fingerprint density at radius 2 is 1.42 bits per heavy atom. The number of fused-ring (bicyclic) bond motifs is 5. The molecule has 4 nitrogen and oxygen atoms in total. The molecule has 210 valence electrons. The molecule has 0 aliphatic heterocycles. The van der Waals surface area contributed by atoms with Gasteiger partial charge < -0.3 is 4.90 Å². The van der Waals surface area contributed by atoms with Crippen molar-refractivity contribution < 1.29 is 0 Å². The van der Waals surface area contributed by atoms with Crippen molar-refractivity contribution in [2.45, 2.75) is 26.8 Å². The van der Waals surface area contributed by atoms with Gasteiger partial charge in [-0.15, -0.1) is 0 Å². The number of hydrogen-bond acceptors (Lipinski definition) is 3. The van der Waals surface area contributed by atoms with Crippen molar-refractivity contribution in [1.82, 2.24) is 14.4 Å². The lowest BCUT2D eigenvalue weighted by molar-refractivity contribution is 0.712. The zero-order valence-corrected chi connectivity index (χ0v) is 24.8. The van der Waals surface area contributed by atoms with E-state index in [-0.39, 0.29) is 6.04 Å². The van der Waals surface area contributed by atoms with Gasteiger partial charge in [-0.3, -0.25) is 4.40 Å². The number of aryl methyl sites for hydroxylation is 1. The molecule has 0 amide bonds. The van der Waals surface area contributed by atoms with Gasteiger partial charge in [-0.25, -0.2) is 9.97 Å². The summed E-state index contributed by atoms with van der Waals surface area (Å²) in [7, 11) is 0. The third kappa shape index (κ3) is 4.65. The Balaban J connectivity index is 1.25. The predicted molar refractivity (Wildman–Crippen MR) is 181 cm³/mol. The van der Waals surface area contributed by atoms with Crippen LogP contribution in [0, 0.1) is 6.92 Å². The number of pyridine rings is 2. The highest BCUT2D eigenvalue weighted by Crippen LogP contribution is 2.36. The summed E-state index contributed by atoms with van der Waals surface area (Å²) in [6.45, 7) is 11.8. The summed E-state index contributed by atoms with van der Waals surface area (Å²) in [6, 6.07) is 40.7. The number of nitrogens with zero attached hydrogens (tertiary/aromatic N) is 4. The van der Waals surface area contributed by atoms with E-state index in [0.717, 1.165) is 51.0 Å². The van der Waals surface area contributed by atoms with Crippen LogP contribution in [0.25, 0.3) is 50.0 Å². The molecule has 1 unspecified atom stereocenters. The maximum absolute atomic E-state index is 5.13. The van der Waals surface area contributed by atoms with Crippen molar-refractivity contribution in [3.05, 3.63) is 145 Å². The topological polar surface area (TPSA) is 33.4 Å². The molecule has 0 aliphatic carbocycles. The van der Waals surface area contributed by atoms with Gasteiger partial charge in [0.15, 0.2) is 0 Å². The Morgan fingerprint density at radius 1 is 0.767 bits per heavy atom. The van der Waals surface area contributed by atoms with Crippen LogP contribution in [0.4, 0.5) is 5.69 Å². The van der Waals surface area contributed by atoms with Crippen molar-refractivity contribution in [2.75, 3.05) is 11.4 Å². The summed E-state index contributed by atoms with van der Waals surface area (Å²) in [5.74, 6) is 0. The summed E-state index contributed by atoms with van der Waals surface area (Å²) >= 11 is 0. The summed E-state index contributed by atoms with van der Waals surface area (Å²) in [4.78, 5) is 12.6. The molecule has 0 saturated heterocycles. The van der Waals surface area contributed by atoms with Crippen LogP contribution in [0.2, 0.25) is 0 Å². The zero-order chi connectivity index (χ0) is 29.5. The molecule has 1 atom stereocenters. The molecule has 43 heavy (non-hydrogen) atoms. The highest BCUT2D eigenvalue weighted by molar-refractivity contribution is 6.09. The van der Waals surface area contributed by atoms with E-state index in [1.807, 2.05) is 30.3 Å². The van der Waals surface area contributed by atoms with E-state index in [4.69, 9.17) is 9.97 Å². The molecule has 0 aliphatic rings. The second-order valence-electron chi connectivity index (χ2n) is 11.2. The summed E-state index contributed by atoms with van der Waals surface area (Å²) < 4.78 is 2.14. The van der Waals surface area contributed by atoms with Gasteiger partial charge in [0, 0.05) is 29.4 Å². The lowest BCUT2D eigenvalue weighted by Gasteiger charge is -2.35. The molecule has 0 fully saturated rings. The first kappa shape index (κ1) is 26.7. The number of likely N-dealkylation sites (N-methyl/N-ethyl adjacent to an activating group) is 1. The molecule has 0 bridgehead atoms. The van der Waals surface area contributed by atoms with Crippen LogP contribution in [0.3, 0.4) is 0 Å². The first-order valence-corrected chi connectivity index (χ1v) is 14.9. The molecule has 7 rings (SSSR count). The first-order chi connectivity index (χ1) is 21.0. The molecular weight excluding hydrogens is 524 g/mol. The van der Waals surface area contributed by atoms with E-state index >= 15 is 0 Å². The number of rotatable bonds is 7. The molecule has 7 aromatic rings. The second-order valence-corrected chi connectivity index (χ2v) is 11.2. The summed E-state index contributed by atoms with van der Waals surface area (Å²) in [6.07, 6.45) is 2.07. The van der Waals surface area contributed by atoms with Crippen LogP contribution < -0.4 is 4.90 Å². The predicted octanol–water partition coefficient (Wildman–Crippen LogP) is 9.82. The minimum atomic E-state index is 0.106. The van der Waals surface area contributed by atoms with E-state index < -0.39 is 0 Å². The normalized spacial score (nSPS) is 12.2. The molecule has 0 radical (unpaired) electrons. The molecule has 3 heterocycles. The molecule has 4 aromatic carbocycles. The van der Waals surface area contributed by atoms with Crippen molar-refractivity contribution in [1.29, 1.82) is 0 Å². The van der Waals surface area contributed by atoms with Crippen LogP contribution >= 0.6 is 0 Å². The molecule has 3 aromatic heterocycles. The highest BCUT2D eigenvalue weighted by Gasteiger charge is 2.22. The summed E-state index contributed by atoms with van der Waals surface area (Å²) in [5.41, 5.74) is 13.1. The molecular formula is C39H34N4. The van der Waals surface area contributed by atoms with Gasteiger partial charge in [-0.1, -0.05) is 103 Å². The molecule has 0 N–H and O–H groups in total. The standard InChI is InChI=1S/C39H34N4/c1-5-42(34-15-9-6-12-27(34)4)38(26(2)3)31-23-19-29(20-24-31)28-17-21-30(22-18-28)36-39-37(32-13-7-8-14-33(32)40-36)41-35-16-10-11-25-43(35)39/h6-25,38H,2,5H2,1,3-4H3. The van der Waals surface area contributed by atoms with Gasteiger partial charge >= 0.3 is 0 Å². The average molecular weight is 559 g/mol. The first-order valence-electron chi connectivity index (χ1n) is 14.9. The van der Waals surface area contributed by atoms with Gasteiger partial charge in [-0.05, 0) is 67.3 Å². The van der Waals surface area contributed by atoms with Crippen molar-refractivity contribution >= 4 is 33.3 Å². The monoisotopic (exact) mass is 558 g/mol. The number of aromatic nitrogens is 3. The smallest absolute Gasteiger partial charge is 0.137 e. The van der Waals surface area contributed by atoms with Crippen LogP contribution in [-0.4, -0.2) is 20.9 Å². The fourth-order valence-electron chi connectivity index (χ4n) is 6.34. The van der Waals surface area contributed by atoms with Gasteiger partial charge in [0.25, 0.3) is 0 Å². The van der Waals surface area contributed by atoms with Gasteiger partial charge in [0.2, 0.25) is 0 Å². The van der Waals surface area contributed by atoms with Crippen molar-refractivity contribution in [3.8, 4) is 22.4 Å². The van der Waals surface area contributed by atoms with E-state index in [1.54, 1.807) is 0 Å². The van der Waals surface area contributed by atoms with Crippen molar-refractivity contribution in [2.24, 2.45) is 0 Å². The Morgan fingerprint density at radius 3 is 2.14 bits per heavy atom. The van der Waals surface area contributed by atoms with Crippen molar-refractivity contribution in [3.63, 3.8) is 0 Å².